The Morgan fingerprint density at radius 2 is 1.86 bits per heavy atom. The molecular formula is C27H21N3O5S2. The van der Waals surface area contributed by atoms with Crippen LogP contribution in [0.4, 0.5) is 5.69 Å². The maximum Gasteiger partial charge on any atom is 0.348 e. The first-order chi connectivity index (χ1) is 17.7. The summed E-state index contributed by atoms with van der Waals surface area (Å²) < 4.78 is 5.03. The largest absolute Gasteiger partial charge is 0.462 e. The van der Waals surface area contributed by atoms with Gasteiger partial charge in [-0.1, -0.05) is 29.5 Å². The average molecular weight is 532 g/mol. The van der Waals surface area contributed by atoms with E-state index in [4.69, 9.17) is 4.74 Å². The normalized spacial score (nSPS) is 10.9. The third-order valence-electron chi connectivity index (χ3n) is 5.29. The molecule has 0 amide bonds. The molecule has 0 fully saturated rings. The SMILES string of the molecule is CCOC(=O)c1sc(CC(=O)/C(C#N)=C\c2cc([N+](=O)[O-])ccc2Sc2ccc(C)cc2)c(C#N)c1C. The standard InChI is InChI=1S/C27H21N3O5S2/c1-4-35-27(32)26-17(3)22(15-29)25(37-26)13-23(31)19(14-28)11-18-12-20(30(33)34)7-10-24(18)36-21-8-5-16(2)6-9-21/h5-12H,4,13H2,1-3H3/b19-11-. The fourth-order valence-corrected chi connectivity index (χ4v) is 5.44. The van der Waals surface area contributed by atoms with Crippen LogP contribution in [0.5, 0.6) is 0 Å². The van der Waals surface area contributed by atoms with Gasteiger partial charge in [-0.25, -0.2) is 4.79 Å². The number of nitrogens with zero attached hydrogens (tertiary/aromatic N) is 3. The van der Waals surface area contributed by atoms with Crippen LogP contribution in [-0.2, 0) is 16.0 Å². The summed E-state index contributed by atoms with van der Waals surface area (Å²) in [4.78, 5) is 38.3. The molecule has 186 valence electrons. The summed E-state index contributed by atoms with van der Waals surface area (Å²) in [7, 11) is 0. The second-order valence-corrected chi connectivity index (χ2v) is 10.1. The second kappa shape index (κ2) is 12.1. The quantitative estimate of drug-likeness (QED) is 0.105. The Morgan fingerprint density at radius 3 is 2.46 bits per heavy atom. The minimum atomic E-state index is -0.578. The molecule has 0 atom stereocenters. The van der Waals surface area contributed by atoms with E-state index in [0.29, 0.717) is 20.9 Å². The molecule has 0 aliphatic carbocycles. The van der Waals surface area contributed by atoms with Crippen LogP contribution >= 0.6 is 23.1 Å². The number of nitro groups is 1. The number of ether oxygens (including phenoxy) is 1. The number of ketones is 1. The van der Waals surface area contributed by atoms with Gasteiger partial charge in [-0.05, 0) is 56.2 Å². The van der Waals surface area contributed by atoms with E-state index >= 15 is 0 Å². The van der Waals surface area contributed by atoms with Gasteiger partial charge in [-0.15, -0.1) is 11.3 Å². The molecule has 3 rings (SSSR count). The Morgan fingerprint density at radius 1 is 1.16 bits per heavy atom. The number of benzene rings is 2. The Balaban J connectivity index is 1.99. The molecule has 1 aromatic heterocycles. The lowest BCUT2D eigenvalue weighted by Crippen LogP contribution is -2.05. The fraction of sp³-hybridized carbons (Fsp3) is 0.185. The minimum Gasteiger partial charge on any atom is -0.462 e. The topological polar surface area (TPSA) is 134 Å². The maximum absolute atomic E-state index is 13.1. The molecule has 10 heteroatoms. The van der Waals surface area contributed by atoms with Gasteiger partial charge in [0.25, 0.3) is 5.69 Å². The molecule has 0 aliphatic rings. The number of carbonyl (C=O) groups is 2. The van der Waals surface area contributed by atoms with Crippen molar-refractivity contribution in [2.24, 2.45) is 0 Å². The molecule has 0 bridgehead atoms. The summed E-state index contributed by atoms with van der Waals surface area (Å²) in [6, 6.07) is 15.9. The first-order valence-corrected chi connectivity index (χ1v) is 12.7. The zero-order valence-electron chi connectivity index (χ0n) is 20.2. The molecule has 0 N–H and O–H groups in total. The smallest absolute Gasteiger partial charge is 0.348 e. The number of nitriles is 2. The van der Waals surface area contributed by atoms with Crippen LogP contribution < -0.4 is 0 Å². The number of non-ortho nitro benzene ring substituents is 1. The lowest BCUT2D eigenvalue weighted by Gasteiger charge is -2.07. The fourth-order valence-electron chi connectivity index (χ4n) is 3.40. The molecule has 0 saturated carbocycles. The number of Topliss-reactive ketones (excluding diaryl/α,β-unsaturated/α-hetero) is 1. The number of carbonyl (C=O) groups excluding carboxylic acids is 2. The van der Waals surface area contributed by atoms with Gasteiger partial charge < -0.3 is 4.74 Å². The van der Waals surface area contributed by atoms with E-state index in [0.717, 1.165) is 21.8 Å². The van der Waals surface area contributed by atoms with Crippen LogP contribution in [0.2, 0.25) is 0 Å². The van der Waals surface area contributed by atoms with E-state index in [2.05, 4.69) is 0 Å². The van der Waals surface area contributed by atoms with Crippen molar-refractivity contribution in [3.63, 3.8) is 0 Å². The number of hydrogen-bond donors (Lipinski definition) is 0. The van der Waals surface area contributed by atoms with Crippen LogP contribution in [0.3, 0.4) is 0 Å². The second-order valence-electron chi connectivity index (χ2n) is 7.85. The molecule has 0 unspecified atom stereocenters. The van der Waals surface area contributed by atoms with Crippen molar-refractivity contribution in [2.45, 2.75) is 37.0 Å². The molecule has 3 aromatic rings. The first kappa shape index (κ1) is 27.3. The van der Waals surface area contributed by atoms with Gasteiger partial charge in [-0.2, -0.15) is 10.5 Å². The van der Waals surface area contributed by atoms with Crippen LogP contribution in [0.25, 0.3) is 6.08 Å². The van der Waals surface area contributed by atoms with Gasteiger partial charge in [0.2, 0.25) is 0 Å². The molecule has 1 heterocycles. The van der Waals surface area contributed by atoms with Crippen molar-refractivity contribution >= 4 is 46.6 Å². The van der Waals surface area contributed by atoms with Gasteiger partial charge in [0.15, 0.2) is 5.78 Å². The monoisotopic (exact) mass is 531 g/mol. The van der Waals surface area contributed by atoms with Crippen LogP contribution in [0.15, 0.2) is 57.8 Å². The number of rotatable bonds is 9. The van der Waals surface area contributed by atoms with Crippen molar-refractivity contribution in [1.82, 2.24) is 0 Å². The van der Waals surface area contributed by atoms with E-state index in [1.165, 1.54) is 30.0 Å². The summed E-state index contributed by atoms with van der Waals surface area (Å²) in [6.07, 6.45) is 1.05. The lowest BCUT2D eigenvalue weighted by atomic mass is 10.0. The maximum atomic E-state index is 13.1. The Bertz CT molecular complexity index is 1490. The number of allylic oxidation sites excluding steroid dienone is 1. The predicted octanol–water partition coefficient (Wildman–Crippen LogP) is 6.19. The lowest BCUT2D eigenvalue weighted by molar-refractivity contribution is -0.384. The Kier molecular flexibility index (Phi) is 8.96. The highest BCUT2D eigenvalue weighted by Gasteiger charge is 2.24. The third kappa shape index (κ3) is 6.50. The van der Waals surface area contributed by atoms with Gasteiger partial charge in [0.05, 0.1) is 22.7 Å². The van der Waals surface area contributed by atoms with Crippen LogP contribution in [0, 0.1) is 46.6 Å². The Labute approximate surface area is 222 Å². The predicted molar refractivity (Wildman–Crippen MR) is 140 cm³/mol. The van der Waals surface area contributed by atoms with E-state index in [1.54, 1.807) is 19.9 Å². The van der Waals surface area contributed by atoms with Crippen molar-refractivity contribution in [1.29, 1.82) is 10.5 Å². The van der Waals surface area contributed by atoms with Crippen molar-refractivity contribution in [3.05, 3.63) is 90.2 Å². The van der Waals surface area contributed by atoms with E-state index < -0.39 is 16.7 Å². The highest BCUT2D eigenvalue weighted by molar-refractivity contribution is 7.99. The molecule has 2 aromatic carbocycles. The van der Waals surface area contributed by atoms with Gasteiger partial charge in [0.1, 0.15) is 17.0 Å². The third-order valence-corrected chi connectivity index (χ3v) is 7.66. The van der Waals surface area contributed by atoms with E-state index in [-0.39, 0.29) is 34.7 Å². The molecular weight excluding hydrogens is 510 g/mol. The van der Waals surface area contributed by atoms with Crippen molar-refractivity contribution < 1.29 is 19.2 Å². The molecule has 0 spiro atoms. The van der Waals surface area contributed by atoms with E-state index in [1.807, 2.05) is 43.3 Å². The van der Waals surface area contributed by atoms with E-state index in [9.17, 15) is 30.2 Å². The number of esters is 1. The molecule has 0 radical (unpaired) electrons. The zero-order chi connectivity index (χ0) is 27.1. The summed E-state index contributed by atoms with van der Waals surface area (Å²) in [6.45, 7) is 5.40. The first-order valence-electron chi connectivity index (χ1n) is 11.1. The number of nitro benzene ring substituents is 1. The number of thiophene rings is 1. The zero-order valence-corrected chi connectivity index (χ0v) is 21.9. The van der Waals surface area contributed by atoms with Gasteiger partial charge in [0, 0.05) is 33.2 Å². The van der Waals surface area contributed by atoms with Gasteiger partial charge in [-0.3, -0.25) is 14.9 Å². The molecule has 0 saturated heterocycles. The summed E-state index contributed by atoms with van der Waals surface area (Å²) >= 11 is 2.34. The number of hydrogen-bond acceptors (Lipinski definition) is 9. The van der Waals surface area contributed by atoms with Gasteiger partial charge >= 0.3 is 5.97 Å². The molecule has 8 nitrogen and oxygen atoms in total. The average Bonchev–Trinajstić information content (AvgIpc) is 3.19. The number of aryl methyl sites for hydroxylation is 1. The highest BCUT2D eigenvalue weighted by Crippen LogP contribution is 2.34. The highest BCUT2D eigenvalue weighted by atomic mass is 32.2. The van der Waals surface area contributed by atoms with Crippen LogP contribution in [0.1, 0.15) is 43.7 Å². The minimum absolute atomic E-state index is 0.166. The van der Waals surface area contributed by atoms with Crippen molar-refractivity contribution in [3.8, 4) is 12.1 Å². The van der Waals surface area contributed by atoms with Crippen molar-refractivity contribution in [2.75, 3.05) is 6.61 Å². The van der Waals surface area contributed by atoms with Crippen LogP contribution in [-0.4, -0.2) is 23.3 Å². The summed E-state index contributed by atoms with van der Waals surface area (Å²) in [5.41, 5.74) is 1.65. The summed E-state index contributed by atoms with van der Waals surface area (Å²) in [5, 5.41) is 30.7. The molecule has 37 heavy (non-hydrogen) atoms. The molecule has 0 aliphatic heterocycles. The Hall–Kier alpha value is -4.25. The summed E-state index contributed by atoms with van der Waals surface area (Å²) in [5.74, 6) is -1.15.